The molecule has 2 fully saturated rings. The molecule has 2 atom stereocenters. The van der Waals surface area contributed by atoms with E-state index in [1.807, 2.05) is 31.2 Å². The van der Waals surface area contributed by atoms with E-state index in [9.17, 15) is 4.79 Å². The third-order valence-electron chi connectivity index (χ3n) is 4.85. The van der Waals surface area contributed by atoms with E-state index in [2.05, 4.69) is 10.6 Å². The molecule has 2 heterocycles. The second-order valence-electron chi connectivity index (χ2n) is 6.71. The highest BCUT2D eigenvalue weighted by Crippen LogP contribution is 2.32. The van der Waals surface area contributed by atoms with Crippen LogP contribution in [0.25, 0.3) is 0 Å². The molecule has 0 radical (unpaired) electrons. The summed E-state index contributed by atoms with van der Waals surface area (Å²) in [5, 5.41) is 6.03. The minimum atomic E-state index is -0.188. The molecule has 0 aliphatic carbocycles. The maximum Gasteiger partial charge on any atom is 0.315 e. The lowest BCUT2D eigenvalue weighted by atomic mass is 9.90. The summed E-state index contributed by atoms with van der Waals surface area (Å²) >= 11 is 0. The van der Waals surface area contributed by atoms with Crippen LogP contribution in [0.2, 0.25) is 0 Å². The van der Waals surface area contributed by atoms with Crippen LogP contribution in [0.3, 0.4) is 0 Å². The van der Waals surface area contributed by atoms with Gasteiger partial charge in [0.05, 0.1) is 18.8 Å². The number of ether oxygens (including phenoxy) is 3. The fourth-order valence-corrected chi connectivity index (χ4v) is 3.57. The molecule has 0 bridgehead atoms. The van der Waals surface area contributed by atoms with E-state index in [4.69, 9.17) is 14.2 Å². The molecule has 138 valence electrons. The smallest absolute Gasteiger partial charge is 0.315 e. The van der Waals surface area contributed by atoms with Crippen LogP contribution < -0.4 is 15.4 Å². The van der Waals surface area contributed by atoms with Crippen LogP contribution in [0, 0.1) is 0 Å². The fourth-order valence-electron chi connectivity index (χ4n) is 3.57. The molecule has 6 nitrogen and oxygen atoms in total. The van der Waals surface area contributed by atoms with E-state index in [1.165, 1.54) is 0 Å². The predicted octanol–water partition coefficient (Wildman–Crippen LogP) is 2.27. The van der Waals surface area contributed by atoms with E-state index >= 15 is 0 Å². The van der Waals surface area contributed by atoms with Crippen molar-refractivity contribution >= 4 is 6.03 Å². The molecule has 2 amide bonds. The highest BCUT2D eigenvalue weighted by Gasteiger charge is 2.41. The zero-order chi connectivity index (χ0) is 17.5. The quantitative estimate of drug-likeness (QED) is 0.827. The second-order valence-corrected chi connectivity index (χ2v) is 6.71. The van der Waals surface area contributed by atoms with Crippen LogP contribution in [0.15, 0.2) is 24.3 Å². The molecule has 1 spiro atoms. The van der Waals surface area contributed by atoms with Crippen molar-refractivity contribution in [1.29, 1.82) is 0 Å². The highest BCUT2D eigenvalue weighted by molar-refractivity contribution is 5.74. The van der Waals surface area contributed by atoms with Gasteiger partial charge in [0.2, 0.25) is 0 Å². The number of benzene rings is 1. The molecular formula is C19H28N2O4. The largest absolute Gasteiger partial charge is 0.494 e. The van der Waals surface area contributed by atoms with Gasteiger partial charge >= 0.3 is 6.03 Å². The molecule has 1 aromatic rings. The first kappa shape index (κ1) is 18.0. The third-order valence-corrected chi connectivity index (χ3v) is 4.85. The summed E-state index contributed by atoms with van der Waals surface area (Å²) < 4.78 is 17.0. The van der Waals surface area contributed by atoms with Gasteiger partial charge in [-0.1, -0.05) is 18.2 Å². The van der Waals surface area contributed by atoms with Gasteiger partial charge in [0, 0.05) is 32.2 Å². The zero-order valence-electron chi connectivity index (χ0n) is 14.9. The van der Waals surface area contributed by atoms with Gasteiger partial charge in [-0.2, -0.15) is 0 Å². The summed E-state index contributed by atoms with van der Waals surface area (Å²) in [5.74, 6) is 0.889. The lowest BCUT2D eigenvalue weighted by Crippen LogP contribution is -2.51. The minimum Gasteiger partial charge on any atom is -0.494 e. The standard InChI is InChI=1S/C19H28N2O4/c1-2-24-17-6-4-3-5-15(17)7-10-20-18(22)21-16-8-11-25-19(13-16)9-12-23-14-19/h3-6,16H,2,7-14H2,1H3,(H2,20,21,22)/t16-,19+/m1/s1. The Labute approximate surface area is 149 Å². The monoisotopic (exact) mass is 348 g/mol. The lowest BCUT2D eigenvalue weighted by molar-refractivity contribution is -0.0878. The number of hydrogen-bond acceptors (Lipinski definition) is 4. The van der Waals surface area contributed by atoms with E-state index in [1.54, 1.807) is 0 Å². The Morgan fingerprint density at radius 2 is 2.24 bits per heavy atom. The van der Waals surface area contributed by atoms with Gasteiger partial charge in [-0.25, -0.2) is 4.79 Å². The summed E-state index contributed by atoms with van der Waals surface area (Å²) in [7, 11) is 0. The van der Waals surface area contributed by atoms with Crippen LogP contribution in [-0.2, 0) is 15.9 Å². The molecule has 2 aliphatic heterocycles. The molecule has 25 heavy (non-hydrogen) atoms. The van der Waals surface area contributed by atoms with Crippen LogP contribution in [-0.4, -0.2) is 50.6 Å². The number of hydrogen-bond donors (Lipinski definition) is 2. The molecule has 2 N–H and O–H groups in total. The number of carbonyl (C=O) groups is 1. The van der Waals surface area contributed by atoms with Gasteiger partial charge in [0.1, 0.15) is 5.75 Å². The average molecular weight is 348 g/mol. The number of amides is 2. The van der Waals surface area contributed by atoms with Crippen LogP contribution in [0.5, 0.6) is 5.75 Å². The summed E-state index contributed by atoms with van der Waals surface area (Å²) in [6.45, 7) is 5.25. The second kappa shape index (κ2) is 8.54. The summed E-state index contributed by atoms with van der Waals surface area (Å²) in [4.78, 5) is 12.2. The van der Waals surface area contributed by atoms with Crippen LogP contribution >= 0.6 is 0 Å². The van der Waals surface area contributed by atoms with Gasteiger partial charge in [0.25, 0.3) is 0 Å². The van der Waals surface area contributed by atoms with Crippen molar-refractivity contribution in [2.45, 2.75) is 44.2 Å². The number of para-hydroxylation sites is 1. The van der Waals surface area contributed by atoms with Crippen LogP contribution in [0.1, 0.15) is 31.7 Å². The zero-order valence-corrected chi connectivity index (χ0v) is 14.9. The molecule has 0 unspecified atom stereocenters. The van der Waals surface area contributed by atoms with Crippen molar-refractivity contribution in [3.63, 3.8) is 0 Å². The van der Waals surface area contributed by atoms with Crippen molar-refractivity contribution in [3.8, 4) is 5.75 Å². The average Bonchev–Trinajstić information content (AvgIpc) is 3.04. The number of rotatable bonds is 6. The molecule has 6 heteroatoms. The Bertz CT molecular complexity index is 572. The predicted molar refractivity (Wildman–Crippen MR) is 95.0 cm³/mol. The Morgan fingerprint density at radius 1 is 1.36 bits per heavy atom. The molecule has 0 saturated carbocycles. The summed E-state index contributed by atoms with van der Waals surface area (Å²) in [5.41, 5.74) is 0.921. The molecular weight excluding hydrogens is 320 g/mol. The highest BCUT2D eigenvalue weighted by atomic mass is 16.6. The van der Waals surface area contributed by atoms with Gasteiger partial charge in [-0.05, 0) is 37.8 Å². The number of nitrogens with one attached hydrogen (secondary N) is 2. The topological polar surface area (TPSA) is 68.8 Å². The first-order chi connectivity index (χ1) is 12.2. The summed E-state index contributed by atoms with van der Waals surface area (Å²) in [6, 6.07) is 7.98. The van der Waals surface area contributed by atoms with Crippen molar-refractivity contribution in [2.24, 2.45) is 0 Å². The van der Waals surface area contributed by atoms with Gasteiger partial charge in [-0.15, -0.1) is 0 Å². The third kappa shape index (κ3) is 4.86. The van der Waals surface area contributed by atoms with Crippen molar-refractivity contribution in [3.05, 3.63) is 29.8 Å². The number of carbonyl (C=O) groups excluding carboxylic acids is 1. The molecule has 2 aliphatic rings. The molecule has 3 rings (SSSR count). The first-order valence-electron chi connectivity index (χ1n) is 9.17. The van der Waals surface area contributed by atoms with Gasteiger partial charge in [-0.3, -0.25) is 0 Å². The molecule has 1 aromatic carbocycles. The van der Waals surface area contributed by atoms with Crippen molar-refractivity contribution < 1.29 is 19.0 Å². The Morgan fingerprint density at radius 3 is 3.04 bits per heavy atom. The molecule has 0 aromatic heterocycles. The maximum atomic E-state index is 12.2. The Kier molecular flexibility index (Phi) is 6.15. The van der Waals surface area contributed by atoms with E-state index in [0.717, 1.165) is 43.6 Å². The first-order valence-corrected chi connectivity index (χ1v) is 9.17. The van der Waals surface area contributed by atoms with E-state index in [-0.39, 0.29) is 17.7 Å². The fraction of sp³-hybridized carbons (Fsp3) is 0.632. The normalized spacial score (nSPS) is 25.7. The Balaban J connectivity index is 1.42. The van der Waals surface area contributed by atoms with Gasteiger partial charge in [0.15, 0.2) is 0 Å². The minimum absolute atomic E-state index is 0.116. The van der Waals surface area contributed by atoms with Crippen LogP contribution in [0.4, 0.5) is 4.79 Å². The lowest BCUT2D eigenvalue weighted by Gasteiger charge is -2.37. The van der Waals surface area contributed by atoms with Crippen molar-refractivity contribution in [1.82, 2.24) is 10.6 Å². The molecule has 2 saturated heterocycles. The van der Waals surface area contributed by atoms with Crippen molar-refractivity contribution in [2.75, 3.05) is 33.0 Å². The van der Waals surface area contributed by atoms with Gasteiger partial charge < -0.3 is 24.8 Å². The van der Waals surface area contributed by atoms with E-state index in [0.29, 0.717) is 26.4 Å². The van der Waals surface area contributed by atoms with E-state index < -0.39 is 0 Å². The number of urea groups is 1. The Hall–Kier alpha value is -1.79. The SMILES string of the molecule is CCOc1ccccc1CCNC(=O)N[C@@H]1CCO[C@@]2(CCOC2)C1. The maximum absolute atomic E-state index is 12.2. The summed E-state index contributed by atoms with van der Waals surface area (Å²) in [6.07, 6.45) is 3.34.